The molecule has 0 fully saturated rings. The van der Waals surface area contributed by atoms with Crippen molar-refractivity contribution in [2.45, 2.75) is 56.9 Å². The first-order valence-electron chi connectivity index (χ1n) is 10.9. The van der Waals surface area contributed by atoms with Crippen molar-refractivity contribution in [3.8, 4) is 5.75 Å². The number of hydrogen-bond acceptors (Lipinski definition) is 5. The Morgan fingerprint density at radius 3 is 2.31 bits per heavy atom. The first-order valence-corrected chi connectivity index (χ1v) is 11.8. The largest absolute Gasteiger partial charge is 0.480 e. The number of carbonyl (C=O) groups excluding carboxylic acids is 1. The molecule has 2 aromatic carbocycles. The van der Waals surface area contributed by atoms with Gasteiger partial charge in [-0.2, -0.15) is 13.2 Å². The first-order chi connectivity index (χ1) is 16.5. The number of halogens is 4. The van der Waals surface area contributed by atoms with Gasteiger partial charge >= 0.3 is 6.18 Å². The minimum absolute atomic E-state index is 0.0950. The zero-order chi connectivity index (χ0) is 25.8. The second-order valence-corrected chi connectivity index (χ2v) is 9.67. The van der Waals surface area contributed by atoms with Crippen LogP contribution in [0.4, 0.5) is 23.2 Å². The highest BCUT2D eigenvalue weighted by Gasteiger charge is 2.30. The van der Waals surface area contributed by atoms with Gasteiger partial charge in [-0.25, -0.2) is 4.39 Å². The molecule has 0 spiro atoms. The van der Waals surface area contributed by atoms with E-state index in [1.54, 1.807) is 26.0 Å². The summed E-state index contributed by atoms with van der Waals surface area (Å²) in [5.74, 6) is -0.0816. The van der Waals surface area contributed by atoms with Gasteiger partial charge in [0.05, 0.1) is 10.8 Å². The Bertz CT molecular complexity index is 1150. The van der Waals surface area contributed by atoms with Gasteiger partial charge in [0.1, 0.15) is 0 Å². The number of ether oxygens (including phenoxy) is 1. The molecule has 1 aromatic heterocycles. The summed E-state index contributed by atoms with van der Waals surface area (Å²) in [6.45, 7) is 7.98. The van der Waals surface area contributed by atoms with E-state index in [2.05, 4.69) is 15.5 Å². The Hall–Kier alpha value is -3.08. The lowest BCUT2D eigenvalue weighted by Crippen LogP contribution is -2.23. The van der Waals surface area contributed by atoms with Gasteiger partial charge in [0.15, 0.2) is 28.7 Å². The zero-order valence-corrected chi connectivity index (χ0v) is 20.5. The molecule has 11 heteroatoms. The third-order valence-corrected chi connectivity index (χ3v) is 6.01. The number of alkyl halides is 3. The molecule has 1 N–H and O–H groups in total. The number of thioether (sulfide) groups is 1. The molecule has 0 aliphatic rings. The molecule has 6 nitrogen and oxygen atoms in total. The number of para-hydroxylation sites is 1. The van der Waals surface area contributed by atoms with Crippen LogP contribution in [0.25, 0.3) is 0 Å². The van der Waals surface area contributed by atoms with Crippen molar-refractivity contribution in [3.63, 3.8) is 0 Å². The van der Waals surface area contributed by atoms with Crippen LogP contribution in [0.15, 0.2) is 53.7 Å². The van der Waals surface area contributed by atoms with Crippen molar-refractivity contribution in [2.75, 3.05) is 5.32 Å². The number of hydrogen-bond donors (Lipinski definition) is 1. The highest BCUT2D eigenvalue weighted by molar-refractivity contribution is 8.00. The summed E-state index contributed by atoms with van der Waals surface area (Å²) in [5, 5.41) is 10.9. The van der Waals surface area contributed by atoms with Gasteiger partial charge in [0.25, 0.3) is 0 Å². The summed E-state index contributed by atoms with van der Waals surface area (Å²) < 4.78 is 59.9. The van der Waals surface area contributed by atoms with Gasteiger partial charge in [-0.05, 0) is 56.2 Å². The highest BCUT2D eigenvalue weighted by atomic mass is 32.2. The first kappa shape index (κ1) is 26.5. The van der Waals surface area contributed by atoms with E-state index in [1.165, 1.54) is 24.3 Å². The Kier molecular flexibility index (Phi) is 8.42. The van der Waals surface area contributed by atoms with Crippen LogP contribution in [0.3, 0.4) is 0 Å². The molecule has 35 heavy (non-hydrogen) atoms. The second kappa shape index (κ2) is 11.1. The molecular formula is C24H26F4N4O2S. The van der Waals surface area contributed by atoms with Crippen molar-refractivity contribution in [3.05, 3.63) is 65.7 Å². The minimum Gasteiger partial charge on any atom is -0.480 e. The van der Waals surface area contributed by atoms with Gasteiger partial charge in [0, 0.05) is 12.2 Å². The Morgan fingerprint density at radius 2 is 1.71 bits per heavy atom. The smallest absolute Gasteiger partial charge is 0.416 e. The van der Waals surface area contributed by atoms with Gasteiger partial charge in [-0.15, -0.1) is 10.2 Å². The van der Waals surface area contributed by atoms with E-state index in [9.17, 15) is 22.4 Å². The average molecular weight is 511 g/mol. The van der Waals surface area contributed by atoms with E-state index >= 15 is 0 Å². The summed E-state index contributed by atoms with van der Waals surface area (Å²) in [7, 11) is 0. The van der Waals surface area contributed by atoms with Crippen LogP contribution in [0.5, 0.6) is 5.75 Å². The number of anilines is 1. The van der Waals surface area contributed by atoms with E-state index in [0.717, 1.165) is 23.9 Å². The Labute approximate surface area is 205 Å². The lowest BCUT2D eigenvalue weighted by Gasteiger charge is -2.19. The van der Waals surface area contributed by atoms with Crippen molar-refractivity contribution in [1.82, 2.24) is 14.8 Å². The van der Waals surface area contributed by atoms with Gasteiger partial charge in [-0.1, -0.05) is 37.7 Å². The summed E-state index contributed by atoms with van der Waals surface area (Å²) in [6, 6.07) is 10.3. The van der Waals surface area contributed by atoms with E-state index in [4.69, 9.17) is 4.74 Å². The monoisotopic (exact) mass is 510 g/mol. The fourth-order valence-electron chi connectivity index (χ4n) is 3.21. The predicted molar refractivity (Wildman–Crippen MR) is 126 cm³/mol. The van der Waals surface area contributed by atoms with E-state index in [0.29, 0.717) is 17.5 Å². The molecule has 3 rings (SSSR count). The summed E-state index contributed by atoms with van der Waals surface area (Å²) >= 11 is 1.16. The summed E-state index contributed by atoms with van der Waals surface area (Å²) in [4.78, 5) is 12.7. The van der Waals surface area contributed by atoms with Gasteiger partial charge < -0.3 is 14.6 Å². The molecule has 0 aliphatic carbocycles. The number of rotatable bonds is 9. The van der Waals surface area contributed by atoms with Crippen LogP contribution in [0.2, 0.25) is 0 Å². The Balaban J connectivity index is 1.73. The van der Waals surface area contributed by atoms with Crippen LogP contribution >= 0.6 is 11.8 Å². The molecule has 1 amide bonds. The van der Waals surface area contributed by atoms with E-state index < -0.39 is 34.8 Å². The molecule has 0 bridgehead atoms. The maximum Gasteiger partial charge on any atom is 0.416 e. The number of nitrogens with zero attached hydrogens (tertiary/aromatic N) is 3. The van der Waals surface area contributed by atoms with Crippen LogP contribution in [0.1, 0.15) is 45.2 Å². The molecule has 2 unspecified atom stereocenters. The lowest BCUT2D eigenvalue weighted by atomic mass is 10.2. The minimum atomic E-state index is -4.45. The van der Waals surface area contributed by atoms with E-state index in [-0.39, 0.29) is 17.4 Å². The van der Waals surface area contributed by atoms with Crippen LogP contribution < -0.4 is 10.1 Å². The fraction of sp³-hybridized carbons (Fsp3) is 0.375. The number of aromatic nitrogens is 3. The summed E-state index contributed by atoms with van der Waals surface area (Å²) in [6.07, 6.45) is -5.06. The molecular weight excluding hydrogens is 484 g/mol. The number of carbonyl (C=O) groups is 1. The zero-order valence-electron chi connectivity index (χ0n) is 19.6. The average Bonchev–Trinajstić information content (AvgIpc) is 3.16. The number of nitrogens with one attached hydrogen (secondary N) is 1. The molecule has 1 heterocycles. The maximum absolute atomic E-state index is 14.0. The molecule has 188 valence electrons. The Morgan fingerprint density at radius 1 is 1.06 bits per heavy atom. The van der Waals surface area contributed by atoms with Crippen molar-refractivity contribution >= 4 is 23.4 Å². The van der Waals surface area contributed by atoms with Gasteiger partial charge in [0.2, 0.25) is 5.91 Å². The van der Waals surface area contributed by atoms with E-state index in [1.807, 2.05) is 18.4 Å². The second-order valence-electron chi connectivity index (χ2n) is 8.36. The third-order valence-electron chi connectivity index (χ3n) is 4.93. The quantitative estimate of drug-likeness (QED) is 0.268. The molecule has 0 saturated heterocycles. The van der Waals surface area contributed by atoms with Crippen LogP contribution in [0, 0.1) is 11.7 Å². The fourth-order valence-corrected chi connectivity index (χ4v) is 4.07. The lowest BCUT2D eigenvalue weighted by molar-refractivity contribution is -0.137. The molecule has 0 saturated carbocycles. The molecule has 0 aliphatic heterocycles. The van der Waals surface area contributed by atoms with Crippen LogP contribution in [-0.4, -0.2) is 25.9 Å². The SMILES string of the molecule is CC(C)Cn1c(SC(C)C(=O)Nc2ccc(C(F)(F)F)cc2)nnc1C(C)Oc1ccccc1F. The summed E-state index contributed by atoms with van der Waals surface area (Å²) in [5.41, 5.74) is -0.536. The van der Waals surface area contributed by atoms with Crippen LogP contribution in [-0.2, 0) is 17.5 Å². The maximum atomic E-state index is 14.0. The van der Waals surface area contributed by atoms with Crippen molar-refractivity contribution in [2.24, 2.45) is 5.92 Å². The molecule has 3 aromatic rings. The normalized spacial score (nSPS) is 13.5. The predicted octanol–water partition coefficient (Wildman–Crippen LogP) is 6.35. The highest BCUT2D eigenvalue weighted by Crippen LogP contribution is 2.31. The molecule has 2 atom stereocenters. The number of benzene rings is 2. The van der Waals surface area contributed by atoms with Crippen molar-refractivity contribution in [1.29, 1.82) is 0 Å². The third kappa shape index (κ3) is 6.97. The number of amides is 1. The molecule has 0 radical (unpaired) electrons. The van der Waals surface area contributed by atoms with Gasteiger partial charge in [-0.3, -0.25) is 4.79 Å². The topological polar surface area (TPSA) is 69.0 Å². The van der Waals surface area contributed by atoms with Crippen molar-refractivity contribution < 1.29 is 27.1 Å². The standard InChI is InChI=1S/C24H26F4N4O2S/c1-14(2)13-32-21(15(3)34-20-8-6-5-7-19(20)25)30-31-23(32)35-16(4)22(33)29-18-11-9-17(10-12-18)24(26,27)28/h5-12,14-16H,13H2,1-4H3,(H,29,33).